The topological polar surface area (TPSA) is 29.4 Å². The molecule has 1 fully saturated rings. The van der Waals surface area contributed by atoms with E-state index in [1.165, 1.54) is 0 Å². The van der Waals surface area contributed by atoms with Crippen molar-refractivity contribution in [2.45, 2.75) is 12.8 Å². The Morgan fingerprint density at radius 2 is 2.00 bits per heavy atom. The quantitative estimate of drug-likeness (QED) is 0.601. The Kier molecular flexibility index (Phi) is 1.23. The Balaban J connectivity index is 2.39. The number of benzene rings is 1. The van der Waals surface area contributed by atoms with Crippen LogP contribution in [0.2, 0.25) is 0 Å². The first-order chi connectivity index (χ1) is 6.36. The van der Waals surface area contributed by atoms with Crippen molar-refractivity contribution in [1.82, 2.24) is 0 Å². The van der Waals surface area contributed by atoms with E-state index in [0.717, 1.165) is 29.0 Å². The van der Waals surface area contributed by atoms with Crippen LogP contribution in [-0.2, 0) is 4.79 Å². The maximum Gasteiger partial charge on any atom is 0.274 e. The van der Waals surface area contributed by atoms with Gasteiger partial charge in [-0.2, -0.15) is 0 Å². The summed E-state index contributed by atoms with van der Waals surface area (Å²) in [5, 5.41) is 1.92. The molecule has 0 bridgehead atoms. The second-order valence-corrected chi connectivity index (χ2v) is 3.62. The maximum atomic E-state index is 11.5. The van der Waals surface area contributed by atoms with Gasteiger partial charge in [0.05, 0.1) is 5.36 Å². The molecule has 3 rings (SSSR count). The zero-order valence-electron chi connectivity index (χ0n) is 7.16. The molecular formula is C11H9NO. The summed E-state index contributed by atoms with van der Waals surface area (Å²) in [5.74, 6) is 0.489. The predicted molar refractivity (Wildman–Crippen MR) is 48.4 cm³/mol. The summed E-state index contributed by atoms with van der Waals surface area (Å²) in [6, 6.07) is 7.79. The van der Waals surface area contributed by atoms with E-state index >= 15 is 0 Å². The Labute approximate surface area is 75.6 Å². The minimum Gasteiger partial charge on any atom is -0.267 e. The summed E-state index contributed by atoms with van der Waals surface area (Å²) in [6.07, 6.45) is 2.32. The van der Waals surface area contributed by atoms with E-state index < -0.39 is 0 Å². The van der Waals surface area contributed by atoms with Crippen molar-refractivity contribution in [2.75, 3.05) is 0 Å². The molecule has 1 aromatic carbocycles. The van der Waals surface area contributed by atoms with Crippen LogP contribution in [0.3, 0.4) is 0 Å². The van der Waals surface area contributed by atoms with Gasteiger partial charge in [0.25, 0.3) is 5.91 Å². The summed E-state index contributed by atoms with van der Waals surface area (Å²) in [7, 11) is 0. The first-order valence-corrected chi connectivity index (χ1v) is 4.58. The van der Waals surface area contributed by atoms with Gasteiger partial charge in [-0.15, -0.1) is 0 Å². The number of fused-ring (bicyclic) bond motifs is 1. The average molecular weight is 171 g/mol. The maximum absolute atomic E-state index is 11.5. The molecule has 2 heteroatoms. The van der Waals surface area contributed by atoms with Crippen LogP contribution in [0.5, 0.6) is 0 Å². The highest BCUT2D eigenvalue weighted by Gasteiger charge is 2.32. The van der Waals surface area contributed by atoms with Gasteiger partial charge in [0.2, 0.25) is 0 Å². The number of carbonyl (C=O) groups excluding carboxylic acids is 1. The lowest BCUT2D eigenvalue weighted by Crippen LogP contribution is -2.22. The normalized spacial score (nSPS) is 20.0. The first kappa shape index (κ1) is 7.01. The number of carbonyl (C=O) groups is 1. The predicted octanol–water partition coefficient (Wildman–Crippen LogP) is 0.407. The van der Waals surface area contributed by atoms with E-state index in [0.29, 0.717) is 5.92 Å². The molecule has 0 spiro atoms. The van der Waals surface area contributed by atoms with Crippen molar-refractivity contribution in [2.24, 2.45) is 10.9 Å². The van der Waals surface area contributed by atoms with Crippen molar-refractivity contribution in [3.05, 3.63) is 34.8 Å². The third-order valence-corrected chi connectivity index (χ3v) is 2.63. The number of rotatable bonds is 1. The molecular weight excluding hydrogens is 162 g/mol. The molecule has 13 heavy (non-hydrogen) atoms. The number of nitrogens with zero attached hydrogens (tertiary/aromatic N) is 1. The molecule has 64 valence electrons. The van der Waals surface area contributed by atoms with Crippen LogP contribution in [0, 0.1) is 5.92 Å². The van der Waals surface area contributed by atoms with E-state index in [2.05, 4.69) is 4.99 Å². The fourth-order valence-corrected chi connectivity index (χ4v) is 1.85. The Morgan fingerprint density at radius 1 is 1.23 bits per heavy atom. The third kappa shape index (κ3) is 0.949. The second kappa shape index (κ2) is 2.28. The Morgan fingerprint density at radius 3 is 2.77 bits per heavy atom. The fraction of sp³-hybridized carbons (Fsp3) is 0.273. The standard InChI is InChI=1S/C11H9NO/c13-11-10(7-5-6-7)8-3-1-2-4-9(8)12-11/h1-4,7H,5-6H2. The molecule has 1 amide bonds. The molecule has 0 N–H and O–H groups in total. The molecule has 1 heterocycles. The van der Waals surface area contributed by atoms with Crippen molar-refractivity contribution >= 4 is 11.5 Å². The zero-order chi connectivity index (χ0) is 8.84. The highest BCUT2D eigenvalue weighted by atomic mass is 16.1. The monoisotopic (exact) mass is 171 g/mol. The minimum absolute atomic E-state index is 0.0105. The van der Waals surface area contributed by atoms with Crippen LogP contribution in [0.1, 0.15) is 12.8 Å². The Bertz CT molecular complexity index is 497. The molecule has 1 aromatic rings. The van der Waals surface area contributed by atoms with Crippen LogP contribution < -0.4 is 10.6 Å². The summed E-state index contributed by atoms with van der Waals surface area (Å²) >= 11 is 0. The van der Waals surface area contributed by atoms with Gasteiger partial charge in [0, 0.05) is 10.8 Å². The van der Waals surface area contributed by atoms with E-state index in [-0.39, 0.29) is 5.91 Å². The van der Waals surface area contributed by atoms with Crippen LogP contribution in [0.15, 0.2) is 29.3 Å². The summed E-state index contributed by atoms with van der Waals surface area (Å²) in [6.45, 7) is 0. The van der Waals surface area contributed by atoms with Crippen molar-refractivity contribution in [3.63, 3.8) is 0 Å². The summed E-state index contributed by atoms with van der Waals surface area (Å²) in [5.41, 5.74) is 0.954. The van der Waals surface area contributed by atoms with E-state index in [4.69, 9.17) is 0 Å². The first-order valence-electron chi connectivity index (χ1n) is 4.58. The molecule has 1 aliphatic heterocycles. The SMILES string of the molecule is O=C1N=c2ccccc2=C1C1CC1. The molecule has 0 atom stereocenters. The Hall–Kier alpha value is -1.44. The van der Waals surface area contributed by atoms with Crippen molar-refractivity contribution in [1.29, 1.82) is 0 Å². The molecule has 2 nitrogen and oxygen atoms in total. The smallest absolute Gasteiger partial charge is 0.267 e. The fourth-order valence-electron chi connectivity index (χ4n) is 1.85. The molecule has 0 saturated heterocycles. The van der Waals surface area contributed by atoms with Gasteiger partial charge < -0.3 is 0 Å². The third-order valence-electron chi connectivity index (χ3n) is 2.63. The van der Waals surface area contributed by atoms with Crippen molar-refractivity contribution < 1.29 is 4.79 Å². The molecule has 1 saturated carbocycles. The van der Waals surface area contributed by atoms with Crippen LogP contribution in [-0.4, -0.2) is 5.91 Å². The molecule has 0 aromatic heterocycles. The van der Waals surface area contributed by atoms with E-state index in [1.807, 2.05) is 24.3 Å². The zero-order valence-corrected chi connectivity index (χ0v) is 7.16. The minimum atomic E-state index is -0.0105. The number of hydrogen-bond acceptors (Lipinski definition) is 1. The summed E-state index contributed by atoms with van der Waals surface area (Å²) in [4.78, 5) is 15.5. The van der Waals surface area contributed by atoms with Gasteiger partial charge in [-0.3, -0.25) is 4.79 Å². The van der Waals surface area contributed by atoms with Gasteiger partial charge in [-0.05, 0) is 24.8 Å². The number of hydrogen-bond donors (Lipinski definition) is 0. The summed E-state index contributed by atoms with van der Waals surface area (Å²) < 4.78 is 0. The lowest BCUT2D eigenvalue weighted by atomic mass is 10.1. The highest BCUT2D eigenvalue weighted by Crippen LogP contribution is 2.37. The van der Waals surface area contributed by atoms with E-state index in [9.17, 15) is 4.79 Å². The molecule has 1 aliphatic carbocycles. The van der Waals surface area contributed by atoms with Gasteiger partial charge in [0.1, 0.15) is 0 Å². The van der Waals surface area contributed by atoms with E-state index in [1.54, 1.807) is 0 Å². The average Bonchev–Trinajstić information content (AvgIpc) is 2.88. The highest BCUT2D eigenvalue weighted by molar-refractivity contribution is 6.16. The molecule has 0 unspecified atom stereocenters. The van der Waals surface area contributed by atoms with Gasteiger partial charge in [-0.25, -0.2) is 4.99 Å². The largest absolute Gasteiger partial charge is 0.274 e. The van der Waals surface area contributed by atoms with Gasteiger partial charge in [0.15, 0.2) is 0 Å². The molecule has 2 aliphatic rings. The van der Waals surface area contributed by atoms with Gasteiger partial charge in [-0.1, -0.05) is 18.2 Å². The lowest BCUT2D eigenvalue weighted by Gasteiger charge is -1.92. The lowest BCUT2D eigenvalue weighted by molar-refractivity contribution is -0.112. The number of para-hydroxylation sites is 1. The van der Waals surface area contributed by atoms with Crippen LogP contribution >= 0.6 is 0 Å². The van der Waals surface area contributed by atoms with Crippen molar-refractivity contribution in [3.8, 4) is 0 Å². The second-order valence-electron chi connectivity index (χ2n) is 3.62. The van der Waals surface area contributed by atoms with Crippen LogP contribution in [0.4, 0.5) is 0 Å². The van der Waals surface area contributed by atoms with Gasteiger partial charge >= 0.3 is 0 Å². The molecule has 0 radical (unpaired) electrons. The number of amides is 1. The van der Waals surface area contributed by atoms with Crippen LogP contribution in [0.25, 0.3) is 5.57 Å².